The van der Waals surface area contributed by atoms with Crippen LogP contribution in [0.25, 0.3) is 10.8 Å². The number of rotatable bonds is 6. The van der Waals surface area contributed by atoms with Gasteiger partial charge in [0.1, 0.15) is 12.4 Å². The van der Waals surface area contributed by atoms with E-state index < -0.39 is 21.6 Å². The molecular formula is C15H18ClF3N2O3S. The van der Waals surface area contributed by atoms with E-state index in [2.05, 4.69) is 0 Å². The van der Waals surface area contributed by atoms with Gasteiger partial charge in [0.05, 0.1) is 6.04 Å². The van der Waals surface area contributed by atoms with E-state index in [1.54, 1.807) is 12.1 Å². The quantitative estimate of drug-likeness (QED) is 0.783. The molecule has 2 aromatic carbocycles. The lowest BCUT2D eigenvalue weighted by Gasteiger charge is -2.18. The van der Waals surface area contributed by atoms with Gasteiger partial charge in [0.2, 0.25) is 0 Å². The predicted octanol–water partition coefficient (Wildman–Crippen LogP) is 2.93. The Labute approximate surface area is 149 Å². The SMILES string of the molecule is C[C@@H](COc1ccc2ccccc2c1CN)NS(=O)(=O)C(F)(F)F.Cl. The maximum absolute atomic E-state index is 12.3. The summed E-state index contributed by atoms with van der Waals surface area (Å²) in [6.07, 6.45) is 0. The van der Waals surface area contributed by atoms with Gasteiger partial charge in [-0.3, -0.25) is 0 Å². The first-order valence-corrected chi connectivity index (χ1v) is 8.56. The summed E-state index contributed by atoms with van der Waals surface area (Å²) in [5.74, 6) is 0.411. The minimum Gasteiger partial charge on any atom is -0.492 e. The van der Waals surface area contributed by atoms with Crippen LogP contribution in [0.2, 0.25) is 0 Å². The molecule has 0 heterocycles. The highest BCUT2D eigenvalue weighted by molar-refractivity contribution is 7.90. The second kappa shape index (κ2) is 8.22. The van der Waals surface area contributed by atoms with Crippen molar-refractivity contribution < 1.29 is 26.3 Å². The van der Waals surface area contributed by atoms with Crippen LogP contribution in [0, 0.1) is 0 Å². The van der Waals surface area contributed by atoms with E-state index in [-0.39, 0.29) is 25.6 Å². The summed E-state index contributed by atoms with van der Waals surface area (Å²) >= 11 is 0. The van der Waals surface area contributed by atoms with Crippen molar-refractivity contribution in [2.24, 2.45) is 5.73 Å². The molecule has 0 unspecified atom stereocenters. The smallest absolute Gasteiger partial charge is 0.492 e. The molecule has 2 rings (SSSR count). The monoisotopic (exact) mass is 398 g/mol. The molecule has 0 aromatic heterocycles. The van der Waals surface area contributed by atoms with Crippen molar-refractivity contribution in [3.63, 3.8) is 0 Å². The van der Waals surface area contributed by atoms with Gasteiger partial charge < -0.3 is 10.5 Å². The van der Waals surface area contributed by atoms with E-state index in [1.807, 2.05) is 24.3 Å². The van der Waals surface area contributed by atoms with Crippen LogP contribution in [0.1, 0.15) is 12.5 Å². The number of fused-ring (bicyclic) bond motifs is 1. The molecule has 0 amide bonds. The number of hydrogen-bond acceptors (Lipinski definition) is 4. The Balaban J connectivity index is 0.00000312. The fraction of sp³-hybridized carbons (Fsp3) is 0.333. The molecule has 0 bridgehead atoms. The Morgan fingerprint density at radius 3 is 2.44 bits per heavy atom. The van der Waals surface area contributed by atoms with Gasteiger partial charge in [-0.1, -0.05) is 30.3 Å². The summed E-state index contributed by atoms with van der Waals surface area (Å²) in [5.41, 5.74) is 1.09. The molecule has 0 saturated heterocycles. The van der Waals surface area contributed by atoms with Gasteiger partial charge in [-0.2, -0.15) is 13.2 Å². The van der Waals surface area contributed by atoms with Crippen LogP contribution in [0.3, 0.4) is 0 Å². The fourth-order valence-electron chi connectivity index (χ4n) is 2.24. The molecular weight excluding hydrogens is 381 g/mol. The van der Waals surface area contributed by atoms with Crippen molar-refractivity contribution in [1.29, 1.82) is 0 Å². The third-order valence-corrected chi connectivity index (χ3v) is 4.67. The minimum absolute atomic E-state index is 0. The summed E-state index contributed by atoms with van der Waals surface area (Å²) in [7, 11) is -5.41. The van der Waals surface area contributed by atoms with E-state index in [0.717, 1.165) is 10.8 Å². The van der Waals surface area contributed by atoms with Gasteiger partial charge >= 0.3 is 15.5 Å². The van der Waals surface area contributed by atoms with Crippen molar-refractivity contribution in [1.82, 2.24) is 4.72 Å². The highest BCUT2D eigenvalue weighted by Crippen LogP contribution is 2.28. The minimum atomic E-state index is -5.41. The molecule has 0 aliphatic heterocycles. The summed E-state index contributed by atoms with van der Waals surface area (Å²) in [6, 6.07) is 9.87. The number of benzene rings is 2. The number of nitrogens with one attached hydrogen (secondary N) is 1. The van der Waals surface area contributed by atoms with Crippen LogP contribution in [0.15, 0.2) is 36.4 Å². The fourth-order valence-corrected chi connectivity index (χ4v) is 2.97. The van der Waals surface area contributed by atoms with E-state index in [1.165, 1.54) is 11.6 Å². The largest absolute Gasteiger partial charge is 0.511 e. The Morgan fingerprint density at radius 2 is 1.84 bits per heavy atom. The zero-order chi connectivity index (χ0) is 18.0. The van der Waals surface area contributed by atoms with Gasteiger partial charge in [-0.25, -0.2) is 13.1 Å². The third-order valence-electron chi connectivity index (χ3n) is 3.35. The molecule has 0 saturated carbocycles. The second-order valence-electron chi connectivity index (χ2n) is 5.25. The highest BCUT2D eigenvalue weighted by Gasteiger charge is 2.46. The van der Waals surface area contributed by atoms with Gasteiger partial charge in [-0.15, -0.1) is 12.4 Å². The number of halogens is 4. The van der Waals surface area contributed by atoms with Gasteiger partial charge in [0.25, 0.3) is 0 Å². The summed E-state index contributed by atoms with van der Waals surface area (Å²) in [5, 5.41) is 1.83. The first kappa shape index (κ1) is 21.5. The zero-order valence-electron chi connectivity index (χ0n) is 13.2. The summed E-state index contributed by atoms with van der Waals surface area (Å²) in [6.45, 7) is 1.20. The highest BCUT2D eigenvalue weighted by atomic mass is 35.5. The van der Waals surface area contributed by atoms with Crippen LogP contribution in [-0.4, -0.2) is 26.6 Å². The van der Waals surface area contributed by atoms with Gasteiger partial charge in [0.15, 0.2) is 0 Å². The number of sulfonamides is 1. The Bertz CT molecular complexity index is 828. The molecule has 0 fully saturated rings. The molecule has 5 nitrogen and oxygen atoms in total. The van der Waals surface area contributed by atoms with Gasteiger partial charge in [-0.05, 0) is 23.8 Å². The summed E-state index contributed by atoms with van der Waals surface area (Å²) in [4.78, 5) is 0. The number of hydrogen-bond donors (Lipinski definition) is 2. The molecule has 25 heavy (non-hydrogen) atoms. The topological polar surface area (TPSA) is 81.4 Å². The van der Waals surface area contributed by atoms with Crippen LogP contribution in [0.4, 0.5) is 13.2 Å². The second-order valence-corrected chi connectivity index (χ2v) is 6.95. The zero-order valence-corrected chi connectivity index (χ0v) is 14.8. The van der Waals surface area contributed by atoms with E-state index in [0.29, 0.717) is 11.3 Å². The molecule has 0 radical (unpaired) electrons. The first-order valence-electron chi connectivity index (χ1n) is 7.08. The Kier molecular flexibility index (Phi) is 7.07. The lowest BCUT2D eigenvalue weighted by molar-refractivity contribution is -0.0451. The van der Waals surface area contributed by atoms with E-state index >= 15 is 0 Å². The molecule has 0 aliphatic rings. The molecule has 1 atom stereocenters. The first-order chi connectivity index (χ1) is 11.2. The van der Waals surface area contributed by atoms with Crippen molar-refractivity contribution >= 4 is 33.2 Å². The van der Waals surface area contributed by atoms with E-state index in [9.17, 15) is 21.6 Å². The maximum atomic E-state index is 12.3. The summed E-state index contributed by atoms with van der Waals surface area (Å²) < 4.78 is 66.2. The predicted molar refractivity (Wildman–Crippen MR) is 92.2 cm³/mol. The lowest BCUT2D eigenvalue weighted by Crippen LogP contribution is -2.43. The van der Waals surface area contributed by atoms with E-state index in [4.69, 9.17) is 10.5 Å². The van der Waals surface area contributed by atoms with Crippen molar-refractivity contribution in [3.8, 4) is 5.75 Å². The van der Waals surface area contributed by atoms with Crippen LogP contribution in [0.5, 0.6) is 5.75 Å². The number of nitrogens with two attached hydrogens (primary N) is 1. The standard InChI is InChI=1S/C15H17F3N2O3S.ClH/c1-10(20-24(21,22)15(16,17)18)9-23-14-7-6-11-4-2-3-5-12(11)13(14)8-19;/h2-7,10,20H,8-9,19H2,1H3;1H/t10-;/m0./s1. The van der Waals surface area contributed by atoms with Crippen LogP contribution in [-0.2, 0) is 16.6 Å². The molecule has 3 N–H and O–H groups in total. The number of alkyl halides is 3. The average molecular weight is 399 g/mol. The molecule has 0 aliphatic carbocycles. The van der Waals surface area contributed by atoms with Crippen LogP contribution < -0.4 is 15.2 Å². The number of ether oxygens (including phenoxy) is 1. The normalized spacial score (nSPS) is 13.3. The van der Waals surface area contributed by atoms with Crippen molar-refractivity contribution in [3.05, 3.63) is 42.0 Å². The molecule has 0 spiro atoms. The molecule has 10 heteroatoms. The molecule has 2 aromatic rings. The van der Waals surface area contributed by atoms with Crippen molar-refractivity contribution in [2.75, 3.05) is 6.61 Å². The average Bonchev–Trinajstić information content (AvgIpc) is 2.50. The van der Waals surface area contributed by atoms with Gasteiger partial charge in [0, 0.05) is 12.1 Å². The Morgan fingerprint density at radius 1 is 1.20 bits per heavy atom. The van der Waals surface area contributed by atoms with Crippen LogP contribution >= 0.6 is 12.4 Å². The third kappa shape index (κ3) is 4.97. The maximum Gasteiger partial charge on any atom is 0.511 e. The molecule has 140 valence electrons. The Hall–Kier alpha value is -1.55. The van der Waals surface area contributed by atoms with Crippen molar-refractivity contribution in [2.45, 2.75) is 25.0 Å². The lowest BCUT2D eigenvalue weighted by atomic mass is 10.0.